The van der Waals surface area contributed by atoms with Crippen LogP contribution in [0.5, 0.6) is 0 Å². The Morgan fingerprint density at radius 1 is 1.57 bits per heavy atom. The average molecular weight is 192 g/mol. The summed E-state index contributed by atoms with van der Waals surface area (Å²) in [5, 5.41) is 0. The van der Waals surface area contributed by atoms with Gasteiger partial charge in [-0.1, -0.05) is 18.2 Å². The summed E-state index contributed by atoms with van der Waals surface area (Å²) >= 11 is 0. The SMILES string of the molecule is CC(=O)c1cccc(C2CC2CF)c1. The van der Waals surface area contributed by atoms with Gasteiger partial charge in [0.15, 0.2) is 5.78 Å². The van der Waals surface area contributed by atoms with Crippen LogP contribution in [0.3, 0.4) is 0 Å². The van der Waals surface area contributed by atoms with Crippen LogP contribution in [0, 0.1) is 5.92 Å². The molecule has 0 radical (unpaired) electrons. The Labute approximate surface area is 82.9 Å². The Bertz CT molecular complexity index is 359. The Morgan fingerprint density at radius 3 is 2.93 bits per heavy atom. The third-order valence-corrected chi connectivity index (χ3v) is 2.84. The molecule has 2 unspecified atom stereocenters. The Kier molecular flexibility index (Phi) is 2.36. The van der Waals surface area contributed by atoms with Crippen LogP contribution >= 0.6 is 0 Å². The van der Waals surface area contributed by atoms with E-state index in [0.717, 1.165) is 17.5 Å². The number of halogens is 1. The third-order valence-electron chi connectivity index (χ3n) is 2.84. The maximum absolute atomic E-state index is 12.3. The van der Waals surface area contributed by atoms with Crippen molar-refractivity contribution >= 4 is 5.78 Å². The molecule has 0 heterocycles. The predicted molar refractivity (Wildman–Crippen MR) is 53.3 cm³/mol. The second-order valence-electron chi connectivity index (χ2n) is 3.94. The zero-order valence-electron chi connectivity index (χ0n) is 8.16. The summed E-state index contributed by atoms with van der Waals surface area (Å²) in [4.78, 5) is 11.1. The van der Waals surface area contributed by atoms with Gasteiger partial charge in [-0.05, 0) is 36.8 Å². The molecule has 1 aliphatic rings. The van der Waals surface area contributed by atoms with Gasteiger partial charge in [-0.2, -0.15) is 0 Å². The van der Waals surface area contributed by atoms with Crippen LogP contribution in [0.4, 0.5) is 4.39 Å². The van der Waals surface area contributed by atoms with Crippen molar-refractivity contribution in [1.29, 1.82) is 0 Å². The van der Waals surface area contributed by atoms with Crippen molar-refractivity contribution < 1.29 is 9.18 Å². The first-order valence-electron chi connectivity index (χ1n) is 4.89. The first kappa shape index (κ1) is 9.38. The maximum Gasteiger partial charge on any atom is 0.159 e. The van der Waals surface area contributed by atoms with Crippen LogP contribution in [0.15, 0.2) is 24.3 Å². The predicted octanol–water partition coefficient (Wildman–Crippen LogP) is 2.96. The van der Waals surface area contributed by atoms with Gasteiger partial charge in [-0.3, -0.25) is 9.18 Å². The van der Waals surface area contributed by atoms with E-state index < -0.39 is 0 Å². The monoisotopic (exact) mass is 192 g/mol. The van der Waals surface area contributed by atoms with Crippen molar-refractivity contribution in [2.45, 2.75) is 19.3 Å². The molecule has 0 spiro atoms. The van der Waals surface area contributed by atoms with Gasteiger partial charge < -0.3 is 0 Å². The summed E-state index contributed by atoms with van der Waals surface area (Å²) in [6, 6.07) is 7.55. The van der Waals surface area contributed by atoms with E-state index in [-0.39, 0.29) is 18.4 Å². The molecule has 0 aromatic heterocycles. The van der Waals surface area contributed by atoms with E-state index in [4.69, 9.17) is 0 Å². The normalized spacial score (nSPS) is 24.7. The second-order valence-corrected chi connectivity index (χ2v) is 3.94. The number of Topliss-reactive ketones (excluding diaryl/α,β-unsaturated/α-hetero) is 1. The lowest BCUT2D eigenvalue weighted by Gasteiger charge is -2.01. The molecule has 0 saturated heterocycles. The molecule has 0 bridgehead atoms. The lowest BCUT2D eigenvalue weighted by atomic mass is 10.0. The highest BCUT2D eigenvalue weighted by molar-refractivity contribution is 5.94. The molecule has 1 aliphatic carbocycles. The fourth-order valence-electron chi connectivity index (χ4n) is 1.81. The molecule has 14 heavy (non-hydrogen) atoms. The van der Waals surface area contributed by atoms with Gasteiger partial charge in [-0.15, -0.1) is 0 Å². The fraction of sp³-hybridized carbons (Fsp3) is 0.417. The zero-order chi connectivity index (χ0) is 10.1. The maximum atomic E-state index is 12.3. The molecule has 0 N–H and O–H groups in total. The molecule has 74 valence electrons. The van der Waals surface area contributed by atoms with Gasteiger partial charge in [0.05, 0.1) is 6.67 Å². The van der Waals surface area contributed by atoms with Crippen molar-refractivity contribution in [3.63, 3.8) is 0 Å². The molecule has 1 aromatic carbocycles. The van der Waals surface area contributed by atoms with Crippen LogP contribution in [0.25, 0.3) is 0 Å². The smallest absolute Gasteiger partial charge is 0.159 e. The number of ketones is 1. The van der Waals surface area contributed by atoms with E-state index in [1.165, 1.54) is 0 Å². The highest BCUT2D eigenvalue weighted by Crippen LogP contribution is 2.47. The van der Waals surface area contributed by atoms with E-state index in [2.05, 4.69) is 0 Å². The van der Waals surface area contributed by atoms with Gasteiger partial charge in [0, 0.05) is 5.56 Å². The van der Waals surface area contributed by atoms with Gasteiger partial charge in [-0.25, -0.2) is 0 Å². The first-order valence-corrected chi connectivity index (χ1v) is 4.89. The van der Waals surface area contributed by atoms with Gasteiger partial charge in [0.2, 0.25) is 0 Å². The molecule has 2 heteroatoms. The van der Waals surface area contributed by atoms with Crippen LogP contribution < -0.4 is 0 Å². The zero-order valence-corrected chi connectivity index (χ0v) is 8.16. The van der Waals surface area contributed by atoms with Crippen molar-refractivity contribution in [3.8, 4) is 0 Å². The summed E-state index contributed by atoms with van der Waals surface area (Å²) in [6.45, 7) is 1.31. The summed E-state index contributed by atoms with van der Waals surface area (Å²) in [7, 11) is 0. The molecule has 1 fully saturated rings. The number of hydrogen-bond acceptors (Lipinski definition) is 1. The van der Waals surface area contributed by atoms with E-state index in [0.29, 0.717) is 5.92 Å². The Morgan fingerprint density at radius 2 is 2.36 bits per heavy atom. The number of benzene rings is 1. The third kappa shape index (κ3) is 1.69. The highest BCUT2D eigenvalue weighted by Gasteiger charge is 2.38. The number of carbonyl (C=O) groups is 1. The molecular weight excluding hydrogens is 179 g/mol. The molecule has 0 aliphatic heterocycles. The molecular formula is C12H13FO. The minimum Gasteiger partial charge on any atom is -0.295 e. The van der Waals surface area contributed by atoms with Crippen LogP contribution in [0.1, 0.15) is 35.2 Å². The molecule has 2 atom stereocenters. The second kappa shape index (κ2) is 3.52. The van der Waals surface area contributed by atoms with E-state index >= 15 is 0 Å². The van der Waals surface area contributed by atoms with Crippen molar-refractivity contribution in [3.05, 3.63) is 35.4 Å². The number of alkyl halides is 1. The quantitative estimate of drug-likeness (QED) is 0.673. The summed E-state index contributed by atoms with van der Waals surface area (Å²) < 4.78 is 12.3. The molecule has 0 amide bonds. The van der Waals surface area contributed by atoms with Gasteiger partial charge in [0.25, 0.3) is 0 Å². The number of rotatable bonds is 3. The highest BCUT2D eigenvalue weighted by atomic mass is 19.1. The van der Waals surface area contributed by atoms with Gasteiger partial charge >= 0.3 is 0 Å². The van der Waals surface area contributed by atoms with Crippen LogP contribution in [-0.4, -0.2) is 12.5 Å². The fourth-order valence-corrected chi connectivity index (χ4v) is 1.81. The standard InChI is InChI=1S/C12H13FO/c1-8(14)9-3-2-4-10(5-9)12-6-11(12)7-13/h2-5,11-12H,6-7H2,1H3. The van der Waals surface area contributed by atoms with Crippen molar-refractivity contribution in [2.75, 3.05) is 6.67 Å². The largest absolute Gasteiger partial charge is 0.295 e. The Balaban J connectivity index is 2.19. The average Bonchev–Trinajstić information content (AvgIpc) is 2.97. The Hall–Kier alpha value is -1.18. The molecule has 2 rings (SSSR count). The lowest BCUT2D eigenvalue weighted by Crippen LogP contribution is -1.93. The minimum absolute atomic E-state index is 0.0734. The molecule has 1 nitrogen and oxygen atoms in total. The van der Waals surface area contributed by atoms with Crippen molar-refractivity contribution in [2.24, 2.45) is 5.92 Å². The van der Waals surface area contributed by atoms with Crippen LogP contribution in [0.2, 0.25) is 0 Å². The molecule has 1 saturated carbocycles. The molecule has 1 aromatic rings. The van der Waals surface area contributed by atoms with Crippen molar-refractivity contribution in [1.82, 2.24) is 0 Å². The summed E-state index contributed by atoms with van der Waals surface area (Å²) in [5.41, 5.74) is 1.84. The van der Waals surface area contributed by atoms with E-state index in [9.17, 15) is 9.18 Å². The topological polar surface area (TPSA) is 17.1 Å². The summed E-state index contributed by atoms with van der Waals surface area (Å²) in [5.74, 6) is 0.612. The van der Waals surface area contributed by atoms with E-state index in [1.54, 1.807) is 13.0 Å². The number of hydrogen-bond donors (Lipinski definition) is 0. The van der Waals surface area contributed by atoms with E-state index in [1.807, 2.05) is 18.2 Å². The minimum atomic E-state index is -0.241. The summed E-state index contributed by atoms with van der Waals surface area (Å²) in [6.07, 6.45) is 0.928. The lowest BCUT2D eigenvalue weighted by molar-refractivity contribution is 0.101. The van der Waals surface area contributed by atoms with Crippen LogP contribution in [-0.2, 0) is 0 Å². The number of carbonyl (C=O) groups excluding carboxylic acids is 1. The first-order chi connectivity index (χ1) is 6.72. The van der Waals surface area contributed by atoms with Gasteiger partial charge in [0.1, 0.15) is 0 Å².